The fraction of sp³-hybridized carbons (Fsp3) is 0.700. The second kappa shape index (κ2) is 5.05. The van der Waals surface area contributed by atoms with Gasteiger partial charge in [-0.15, -0.1) is 11.3 Å². The summed E-state index contributed by atoms with van der Waals surface area (Å²) >= 11 is 1.63. The highest BCUT2D eigenvalue weighted by molar-refractivity contribution is 7.07. The van der Waals surface area contributed by atoms with E-state index in [0.717, 1.165) is 11.6 Å². The Kier molecular flexibility index (Phi) is 4.28. The molecule has 4 heteroatoms. The summed E-state index contributed by atoms with van der Waals surface area (Å²) in [6.45, 7) is 9.75. The Morgan fingerprint density at radius 2 is 2.21 bits per heavy atom. The SMILES string of the molecule is CC(C)C[Si](C)(C)OCc1cscn1. The van der Waals surface area contributed by atoms with Crippen LogP contribution in [0.15, 0.2) is 10.9 Å². The van der Waals surface area contributed by atoms with Gasteiger partial charge in [-0.05, 0) is 25.1 Å². The molecule has 0 radical (unpaired) electrons. The normalized spacial score (nSPS) is 12.4. The lowest BCUT2D eigenvalue weighted by Crippen LogP contribution is -2.31. The Balaban J connectivity index is 2.36. The molecule has 0 aliphatic rings. The monoisotopic (exact) mass is 229 g/mol. The van der Waals surface area contributed by atoms with E-state index in [4.69, 9.17) is 4.43 Å². The summed E-state index contributed by atoms with van der Waals surface area (Å²) in [6, 6.07) is 1.22. The van der Waals surface area contributed by atoms with Gasteiger partial charge in [0.1, 0.15) is 0 Å². The molecule has 0 bridgehead atoms. The Bertz CT molecular complexity index is 259. The first-order chi connectivity index (χ1) is 6.49. The van der Waals surface area contributed by atoms with Gasteiger partial charge in [0, 0.05) is 5.38 Å². The van der Waals surface area contributed by atoms with E-state index in [0.29, 0.717) is 6.61 Å². The van der Waals surface area contributed by atoms with Crippen molar-refractivity contribution in [3.8, 4) is 0 Å². The number of rotatable bonds is 5. The Labute approximate surface area is 91.5 Å². The summed E-state index contributed by atoms with van der Waals surface area (Å²) in [7, 11) is -1.46. The lowest BCUT2D eigenvalue weighted by molar-refractivity contribution is 0.287. The first-order valence-corrected chi connectivity index (χ1v) is 9.06. The van der Waals surface area contributed by atoms with E-state index in [2.05, 4.69) is 37.3 Å². The summed E-state index contributed by atoms with van der Waals surface area (Å²) in [4.78, 5) is 4.21. The van der Waals surface area contributed by atoms with E-state index in [1.807, 2.05) is 5.51 Å². The van der Waals surface area contributed by atoms with Crippen molar-refractivity contribution in [3.05, 3.63) is 16.6 Å². The molecule has 0 N–H and O–H groups in total. The zero-order valence-corrected chi connectivity index (χ0v) is 11.2. The van der Waals surface area contributed by atoms with Crippen molar-refractivity contribution in [2.24, 2.45) is 5.92 Å². The zero-order valence-electron chi connectivity index (χ0n) is 9.41. The molecule has 1 rings (SSSR count). The molecule has 0 unspecified atom stereocenters. The molecule has 2 nitrogen and oxygen atoms in total. The van der Waals surface area contributed by atoms with Crippen molar-refractivity contribution < 1.29 is 4.43 Å². The van der Waals surface area contributed by atoms with E-state index in [1.165, 1.54) is 6.04 Å². The summed E-state index contributed by atoms with van der Waals surface area (Å²) in [5.41, 5.74) is 2.93. The molecule has 0 spiro atoms. The summed E-state index contributed by atoms with van der Waals surface area (Å²) in [5, 5.41) is 2.06. The van der Waals surface area contributed by atoms with E-state index in [1.54, 1.807) is 11.3 Å². The number of aromatic nitrogens is 1. The Morgan fingerprint density at radius 1 is 1.50 bits per heavy atom. The highest BCUT2D eigenvalue weighted by Crippen LogP contribution is 2.19. The minimum absolute atomic E-state index is 0.690. The number of nitrogens with zero attached hydrogens (tertiary/aromatic N) is 1. The summed E-state index contributed by atoms with van der Waals surface area (Å²) in [5.74, 6) is 0.729. The predicted molar refractivity (Wildman–Crippen MR) is 64.0 cm³/mol. The van der Waals surface area contributed by atoms with Gasteiger partial charge < -0.3 is 4.43 Å². The average Bonchev–Trinajstić information content (AvgIpc) is 2.50. The van der Waals surface area contributed by atoms with Gasteiger partial charge in [0.2, 0.25) is 0 Å². The van der Waals surface area contributed by atoms with E-state index < -0.39 is 8.32 Å². The van der Waals surface area contributed by atoms with Crippen LogP contribution in [0.4, 0.5) is 0 Å². The molecule has 0 saturated heterocycles. The fourth-order valence-electron chi connectivity index (χ4n) is 1.62. The van der Waals surface area contributed by atoms with Crippen LogP contribution in [0.25, 0.3) is 0 Å². The van der Waals surface area contributed by atoms with Crippen LogP contribution in [0.1, 0.15) is 19.5 Å². The quantitative estimate of drug-likeness (QED) is 0.721. The Hall–Kier alpha value is -0.193. The highest BCUT2D eigenvalue weighted by atomic mass is 32.1. The van der Waals surface area contributed by atoms with Gasteiger partial charge in [-0.1, -0.05) is 13.8 Å². The molecule has 1 heterocycles. The largest absolute Gasteiger partial charge is 0.411 e. The maximum absolute atomic E-state index is 5.97. The summed E-state index contributed by atoms with van der Waals surface area (Å²) < 4.78 is 5.97. The number of thiazole rings is 1. The van der Waals surface area contributed by atoms with E-state index in [9.17, 15) is 0 Å². The third kappa shape index (κ3) is 4.35. The average molecular weight is 229 g/mol. The molecule has 0 fully saturated rings. The van der Waals surface area contributed by atoms with Crippen LogP contribution in [-0.4, -0.2) is 13.3 Å². The standard InChI is InChI=1S/C10H19NOSSi/c1-9(2)7-14(3,4)12-5-10-6-13-8-11-10/h6,8-9H,5,7H2,1-4H3. The number of hydrogen-bond acceptors (Lipinski definition) is 3. The molecule has 0 aromatic carbocycles. The molecular formula is C10H19NOSSi. The molecular weight excluding hydrogens is 210 g/mol. The van der Waals surface area contributed by atoms with Gasteiger partial charge in [0.25, 0.3) is 0 Å². The third-order valence-corrected chi connectivity index (χ3v) is 5.35. The van der Waals surface area contributed by atoms with Gasteiger partial charge in [0.15, 0.2) is 8.32 Å². The van der Waals surface area contributed by atoms with Gasteiger partial charge in [-0.3, -0.25) is 0 Å². The van der Waals surface area contributed by atoms with Crippen LogP contribution >= 0.6 is 11.3 Å². The van der Waals surface area contributed by atoms with Crippen LogP contribution < -0.4 is 0 Å². The molecule has 0 aliphatic heterocycles. The first-order valence-electron chi connectivity index (χ1n) is 5.00. The molecule has 0 atom stereocenters. The molecule has 0 saturated carbocycles. The van der Waals surface area contributed by atoms with Crippen molar-refractivity contribution in [1.29, 1.82) is 0 Å². The first kappa shape index (κ1) is 11.9. The Morgan fingerprint density at radius 3 is 2.71 bits per heavy atom. The van der Waals surface area contributed by atoms with Crippen molar-refractivity contribution in [2.45, 2.75) is 39.6 Å². The van der Waals surface area contributed by atoms with Gasteiger partial charge in [-0.25, -0.2) is 4.98 Å². The topological polar surface area (TPSA) is 22.1 Å². The molecule has 1 aromatic rings. The van der Waals surface area contributed by atoms with Gasteiger partial charge in [-0.2, -0.15) is 0 Å². The number of hydrogen-bond donors (Lipinski definition) is 0. The zero-order chi connectivity index (χ0) is 10.6. The molecule has 0 aliphatic carbocycles. The second-order valence-corrected chi connectivity index (χ2v) is 9.56. The van der Waals surface area contributed by atoms with Crippen molar-refractivity contribution in [3.63, 3.8) is 0 Å². The molecule has 14 heavy (non-hydrogen) atoms. The van der Waals surface area contributed by atoms with Crippen LogP contribution in [0.2, 0.25) is 19.1 Å². The lowest BCUT2D eigenvalue weighted by Gasteiger charge is -2.24. The maximum atomic E-state index is 5.97. The lowest BCUT2D eigenvalue weighted by atomic mass is 10.3. The van der Waals surface area contributed by atoms with Crippen molar-refractivity contribution in [1.82, 2.24) is 4.98 Å². The van der Waals surface area contributed by atoms with E-state index >= 15 is 0 Å². The second-order valence-electron chi connectivity index (χ2n) is 4.63. The minimum Gasteiger partial charge on any atom is -0.411 e. The van der Waals surface area contributed by atoms with Crippen LogP contribution in [0, 0.1) is 5.92 Å². The van der Waals surface area contributed by atoms with Crippen LogP contribution in [-0.2, 0) is 11.0 Å². The third-order valence-electron chi connectivity index (χ3n) is 1.99. The summed E-state index contributed by atoms with van der Waals surface area (Å²) in [6.07, 6.45) is 0. The van der Waals surface area contributed by atoms with E-state index in [-0.39, 0.29) is 0 Å². The molecule has 80 valence electrons. The molecule has 1 aromatic heterocycles. The van der Waals surface area contributed by atoms with Crippen molar-refractivity contribution >= 4 is 19.7 Å². The van der Waals surface area contributed by atoms with Gasteiger partial charge >= 0.3 is 0 Å². The molecule has 0 amide bonds. The maximum Gasteiger partial charge on any atom is 0.187 e. The van der Waals surface area contributed by atoms with Gasteiger partial charge in [0.05, 0.1) is 17.8 Å². The smallest absolute Gasteiger partial charge is 0.187 e. The van der Waals surface area contributed by atoms with Crippen LogP contribution in [0.3, 0.4) is 0 Å². The minimum atomic E-state index is -1.46. The fourth-order valence-corrected chi connectivity index (χ4v) is 4.79. The van der Waals surface area contributed by atoms with Crippen LogP contribution in [0.5, 0.6) is 0 Å². The highest BCUT2D eigenvalue weighted by Gasteiger charge is 2.23. The predicted octanol–water partition coefficient (Wildman–Crippen LogP) is 3.52. The van der Waals surface area contributed by atoms with Crippen molar-refractivity contribution in [2.75, 3.05) is 0 Å².